The maximum Gasteiger partial charge on any atom is 0.153 e. The van der Waals surface area contributed by atoms with E-state index in [4.69, 9.17) is 5.73 Å². The lowest BCUT2D eigenvalue weighted by atomic mass is 10.1. The van der Waals surface area contributed by atoms with Gasteiger partial charge in [0.15, 0.2) is 9.84 Å². The van der Waals surface area contributed by atoms with Crippen LogP contribution in [0.25, 0.3) is 0 Å². The molecule has 0 saturated carbocycles. The van der Waals surface area contributed by atoms with Gasteiger partial charge in [-0.05, 0) is 43.5 Å². The lowest BCUT2D eigenvalue weighted by Gasteiger charge is -2.28. The maximum atomic E-state index is 11.4. The van der Waals surface area contributed by atoms with E-state index in [1.807, 2.05) is 0 Å². The van der Waals surface area contributed by atoms with Gasteiger partial charge in [-0.15, -0.1) is 0 Å². The molecule has 0 amide bonds. The summed E-state index contributed by atoms with van der Waals surface area (Å²) in [5.74, 6) is 0.543. The third kappa shape index (κ3) is 4.49. The second kappa shape index (κ2) is 7.09. The zero-order valence-corrected chi connectivity index (χ0v) is 12.7. The Labute approximate surface area is 121 Å². The van der Waals surface area contributed by atoms with Crippen molar-refractivity contribution in [2.45, 2.75) is 25.7 Å². The first-order valence-electron chi connectivity index (χ1n) is 7.35. The van der Waals surface area contributed by atoms with Crippen LogP contribution in [0.4, 0.5) is 5.69 Å². The molecule has 5 heteroatoms. The van der Waals surface area contributed by atoms with E-state index in [0.717, 1.165) is 25.1 Å². The highest BCUT2D eigenvalue weighted by molar-refractivity contribution is 7.91. The van der Waals surface area contributed by atoms with Crippen LogP contribution in [0.5, 0.6) is 0 Å². The third-order valence-electron chi connectivity index (χ3n) is 3.82. The van der Waals surface area contributed by atoms with Gasteiger partial charge in [-0.1, -0.05) is 18.6 Å². The molecule has 0 bridgehead atoms. The van der Waals surface area contributed by atoms with Crippen LogP contribution in [0.3, 0.4) is 0 Å². The van der Waals surface area contributed by atoms with Gasteiger partial charge in [0, 0.05) is 18.8 Å². The number of sulfone groups is 1. The van der Waals surface area contributed by atoms with E-state index in [-0.39, 0.29) is 11.5 Å². The van der Waals surface area contributed by atoms with Gasteiger partial charge in [-0.3, -0.25) is 0 Å². The van der Waals surface area contributed by atoms with Gasteiger partial charge >= 0.3 is 0 Å². The van der Waals surface area contributed by atoms with Crippen LogP contribution in [0.1, 0.15) is 24.8 Å². The summed E-state index contributed by atoms with van der Waals surface area (Å²) in [4.78, 5) is 2.15. The number of nitrogens with two attached hydrogens (primary N) is 1. The van der Waals surface area contributed by atoms with E-state index in [9.17, 15) is 8.42 Å². The van der Waals surface area contributed by atoms with Crippen molar-refractivity contribution in [3.05, 3.63) is 29.8 Å². The molecule has 1 aromatic rings. The molecule has 2 N–H and O–H groups in total. The number of hydrogen-bond acceptors (Lipinski definition) is 4. The molecule has 1 aliphatic heterocycles. The summed E-state index contributed by atoms with van der Waals surface area (Å²) in [6.45, 7) is 1.99. The van der Waals surface area contributed by atoms with E-state index in [2.05, 4.69) is 29.2 Å². The number of aryl methyl sites for hydroxylation is 1. The van der Waals surface area contributed by atoms with Crippen molar-refractivity contribution in [2.75, 3.05) is 36.0 Å². The Morgan fingerprint density at radius 2 is 1.65 bits per heavy atom. The lowest BCUT2D eigenvalue weighted by Crippen LogP contribution is -2.40. The predicted molar refractivity (Wildman–Crippen MR) is 83.9 cm³/mol. The molecule has 1 heterocycles. The minimum absolute atomic E-state index is 0.272. The zero-order valence-electron chi connectivity index (χ0n) is 11.9. The fourth-order valence-corrected chi connectivity index (χ4v) is 3.70. The number of unbranched alkanes of at least 4 members (excludes halogenated alkanes) is 2. The summed E-state index contributed by atoms with van der Waals surface area (Å²) in [5, 5.41) is 0. The first kappa shape index (κ1) is 15.3. The van der Waals surface area contributed by atoms with Crippen molar-refractivity contribution in [3.63, 3.8) is 0 Å². The van der Waals surface area contributed by atoms with E-state index in [0.29, 0.717) is 13.1 Å². The average Bonchev–Trinajstić information content (AvgIpc) is 2.45. The molecule has 1 saturated heterocycles. The molecule has 0 atom stereocenters. The second-order valence-corrected chi connectivity index (χ2v) is 7.71. The summed E-state index contributed by atoms with van der Waals surface area (Å²) >= 11 is 0. The Bertz CT molecular complexity index is 497. The van der Waals surface area contributed by atoms with Gasteiger partial charge in [0.1, 0.15) is 0 Å². The summed E-state index contributed by atoms with van der Waals surface area (Å²) in [7, 11) is -2.80. The number of nitrogens with zero attached hydrogens (tertiary/aromatic N) is 1. The Morgan fingerprint density at radius 1 is 1.00 bits per heavy atom. The van der Waals surface area contributed by atoms with E-state index < -0.39 is 9.84 Å². The van der Waals surface area contributed by atoms with E-state index in [1.54, 1.807) is 0 Å². The normalized spacial score (nSPS) is 18.1. The van der Waals surface area contributed by atoms with Crippen molar-refractivity contribution in [1.29, 1.82) is 0 Å². The Hall–Kier alpha value is -1.07. The quantitative estimate of drug-likeness (QED) is 0.810. The topological polar surface area (TPSA) is 63.4 Å². The lowest BCUT2D eigenvalue weighted by molar-refractivity contribution is 0.587. The summed E-state index contributed by atoms with van der Waals surface area (Å²) in [6, 6.07) is 8.52. The standard InChI is InChI=1S/C15H24N2O2S/c16-9-3-1-2-4-14-5-7-15(8-6-14)17-10-12-20(18,19)13-11-17/h5-8H,1-4,9-13,16H2. The van der Waals surface area contributed by atoms with Crippen molar-refractivity contribution >= 4 is 15.5 Å². The van der Waals surface area contributed by atoms with Crippen molar-refractivity contribution in [1.82, 2.24) is 0 Å². The van der Waals surface area contributed by atoms with Gasteiger partial charge in [-0.2, -0.15) is 0 Å². The monoisotopic (exact) mass is 296 g/mol. The number of anilines is 1. The molecule has 0 aliphatic carbocycles. The van der Waals surface area contributed by atoms with Gasteiger partial charge in [-0.25, -0.2) is 8.42 Å². The minimum Gasteiger partial charge on any atom is -0.369 e. The SMILES string of the molecule is NCCCCCc1ccc(N2CCS(=O)(=O)CC2)cc1. The van der Waals surface area contributed by atoms with Crippen LogP contribution >= 0.6 is 0 Å². The van der Waals surface area contributed by atoms with Crippen molar-refractivity contribution < 1.29 is 8.42 Å². The third-order valence-corrected chi connectivity index (χ3v) is 5.42. The van der Waals surface area contributed by atoms with Crippen molar-refractivity contribution in [2.24, 2.45) is 5.73 Å². The highest BCUT2D eigenvalue weighted by Crippen LogP contribution is 2.19. The Balaban J connectivity index is 1.85. The summed E-state index contributed by atoms with van der Waals surface area (Å²) in [6.07, 6.45) is 4.55. The Morgan fingerprint density at radius 3 is 2.25 bits per heavy atom. The van der Waals surface area contributed by atoms with Crippen LogP contribution in [0.15, 0.2) is 24.3 Å². The second-order valence-electron chi connectivity index (χ2n) is 5.40. The fraction of sp³-hybridized carbons (Fsp3) is 0.600. The number of benzene rings is 1. The first-order valence-corrected chi connectivity index (χ1v) is 9.17. The van der Waals surface area contributed by atoms with Gasteiger partial charge in [0.25, 0.3) is 0 Å². The first-order chi connectivity index (χ1) is 9.61. The fourth-order valence-electron chi connectivity index (χ4n) is 2.49. The molecule has 0 unspecified atom stereocenters. The summed E-state index contributed by atoms with van der Waals surface area (Å²) < 4.78 is 22.8. The summed E-state index contributed by atoms with van der Waals surface area (Å²) in [5.41, 5.74) is 7.95. The molecular formula is C15H24N2O2S. The molecule has 0 spiro atoms. The Kier molecular flexibility index (Phi) is 5.43. The molecule has 20 heavy (non-hydrogen) atoms. The van der Waals surface area contributed by atoms with Crippen LogP contribution in [0, 0.1) is 0 Å². The molecule has 1 aromatic carbocycles. The van der Waals surface area contributed by atoms with Gasteiger partial charge in [0.2, 0.25) is 0 Å². The minimum atomic E-state index is -2.80. The predicted octanol–water partition coefficient (Wildman–Crippen LogP) is 1.59. The molecule has 0 aromatic heterocycles. The van der Waals surface area contributed by atoms with Crippen LogP contribution < -0.4 is 10.6 Å². The average molecular weight is 296 g/mol. The highest BCUT2D eigenvalue weighted by atomic mass is 32.2. The van der Waals surface area contributed by atoms with Crippen LogP contribution in [-0.2, 0) is 16.3 Å². The molecule has 0 radical (unpaired) electrons. The molecular weight excluding hydrogens is 272 g/mol. The molecule has 1 fully saturated rings. The molecule has 2 rings (SSSR count). The zero-order chi connectivity index (χ0) is 14.4. The molecule has 1 aliphatic rings. The van der Waals surface area contributed by atoms with Crippen molar-refractivity contribution in [3.8, 4) is 0 Å². The smallest absolute Gasteiger partial charge is 0.153 e. The number of hydrogen-bond donors (Lipinski definition) is 1. The number of rotatable bonds is 6. The maximum absolute atomic E-state index is 11.4. The molecule has 4 nitrogen and oxygen atoms in total. The van der Waals surface area contributed by atoms with E-state index in [1.165, 1.54) is 18.4 Å². The van der Waals surface area contributed by atoms with Gasteiger partial charge < -0.3 is 10.6 Å². The van der Waals surface area contributed by atoms with Crippen LogP contribution in [-0.4, -0.2) is 39.6 Å². The van der Waals surface area contributed by atoms with E-state index >= 15 is 0 Å². The van der Waals surface area contributed by atoms with Gasteiger partial charge in [0.05, 0.1) is 11.5 Å². The van der Waals surface area contributed by atoms with Crippen LogP contribution in [0.2, 0.25) is 0 Å². The molecule has 112 valence electrons. The highest BCUT2D eigenvalue weighted by Gasteiger charge is 2.21. The largest absolute Gasteiger partial charge is 0.369 e.